The Morgan fingerprint density at radius 3 is 2.73 bits per heavy atom. The average Bonchev–Trinajstić information content (AvgIpc) is 3.69. The predicted molar refractivity (Wildman–Crippen MR) is 145 cm³/mol. The number of imidazole rings is 1. The van der Waals surface area contributed by atoms with E-state index in [1.807, 2.05) is 29.8 Å². The van der Waals surface area contributed by atoms with E-state index in [1.54, 1.807) is 37.2 Å². The van der Waals surface area contributed by atoms with Gasteiger partial charge in [-0.3, -0.25) is 0 Å². The molecule has 5 aromatic rings. The van der Waals surface area contributed by atoms with Crippen LogP contribution in [-0.4, -0.2) is 61.1 Å². The Morgan fingerprint density at radius 1 is 1.05 bits per heavy atom. The second kappa shape index (κ2) is 11.4. The number of nitrogens with zero attached hydrogens (tertiary/aromatic N) is 5. The fourth-order valence-electron chi connectivity index (χ4n) is 3.89. The lowest BCUT2D eigenvalue weighted by atomic mass is 10.2. The van der Waals surface area contributed by atoms with E-state index >= 15 is 0 Å². The standard InChI is InChI=1S/C25H29N5O5S2/c1-29(8-6-5-7-9-31-2)23-26-16(15-36-23)14-34-20-10-17(32-3)11-21-18(20)12-22(35-21)19-13-30-24(27-19)37-25(28-30)33-4/h10-13,15H,5-9,14H2,1-4H3. The van der Waals surface area contributed by atoms with E-state index in [0.29, 0.717) is 40.3 Å². The summed E-state index contributed by atoms with van der Waals surface area (Å²) in [6.07, 6.45) is 5.14. The summed E-state index contributed by atoms with van der Waals surface area (Å²) < 4.78 is 29.8. The van der Waals surface area contributed by atoms with Gasteiger partial charge in [0.25, 0.3) is 5.19 Å². The van der Waals surface area contributed by atoms with E-state index < -0.39 is 0 Å². The average molecular weight is 544 g/mol. The van der Waals surface area contributed by atoms with Gasteiger partial charge in [0.2, 0.25) is 4.96 Å². The van der Waals surface area contributed by atoms with Gasteiger partial charge in [-0.15, -0.1) is 16.4 Å². The molecule has 196 valence electrons. The van der Waals surface area contributed by atoms with Gasteiger partial charge >= 0.3 is 0 Å². The number of anilines is 1. The number of benzene rings is 1. The molecule has 0 aliphatic carbocycles. The minimum absolute atomic E-state index is 0.338. The van der Waals surface area contributed by atoms with Crippen LogP contribution in [0.4, 0.5) is 5.13 Å². The van der Waals surface area contributed by atoms with Crippen molar-refractivity contribution < 1.29 is 23.4 Å². The lowest BCUT2D eigenvalue weighted by Gasteiger charge is -2.15. The van der Waals surface area contributed by atoms with E-state index in [4.69, 9.17) is 28.3 Å². The van der Waals surface area contributed by atoms with Crippen molar-refractivity contribution in [3.8, 4) is 28.1 Å². The second-order valence-corrected chi connectivity index (χ2v) is 10.2. The van der Waals surface area contributed by atoms with Crippen molar-refractivity contribution in [1.29, 1.82) is 0 Å². The quantitative estimate of drug-likeness (QED) is 0.178. The molecule has 0 bridgehead atoms. The minimum Gasteiger partial charge on any atom is -0.496 e. The summed E-state index contributed by atoms with van der Waals surface area (Å²) in [4.78, 5) is 12.3. The highest BCUT2D eigenvalue weighted by molar-refractivity contribution is 7.18. The van der Waals surface area contributed by atoms with Gasteiger partial charge in [0.05, 0.1) is 31.5 Å². The Balaban J connectivity index is 1.30. The molecule has 4 heterocycles. The van der Waals surface area contributed by atoms with Crippen LogP contribution in [0.2, 0.25) is 0 Å². The van der Waals surface area contributed by atoms with Crippen molar-refractivity contribution in [2.24, 2.45) is 0 Å². The third-order valence-corrected chi connectivity index (χ3v) is 7.73. The minimum atomic E-state index is 0.338. The maximum absolute atomic E-state index is 6.21. The van der Waals surface area contributed by atoms with Crippen LogP contribution < -0.4 is 19.1 Å². The number of unbranched alkanes of at least 4 members (excludes halogenated alkanes) is 2. The molecule has 12 heteroatoms. The van der Waals surface area contributed by atoms with E-state index in [1.165, 1.54) is 11.3 Å². The number of ether oxygens (including phenoxy) is 4. The van der Waals surface area contributed by atoms with Gasteiger partial charge in [-0.05, 0) is 36.7 Å². The number of hydrogen-bond acceptors (Lipinski definition) is 11. The summed E-state index contributed by atoms with van der Waals surface area (Å²) in [5.74, 6) is 1.92. The first-order chi connectivity index (χ1) is 18.1. The van der Waals surface area contributed by atoms with Crippen molar-refractivity contribution in [1.82, 2.24) is 19.6 Å². The van der Waals surface area contributed by atoms with Crippen LogP contribution in [0.1, 0.15) is 25.0 Å². The van der Waals surface area contributed by atoms with E-state index in [2.05, 4.69) is 22.0 Å². The Bertz CT molecular complexity index is 1440. The molecule has 10 nitrogen and oxygen atoms in total. The molecule has 1 aromatic carbocycles. The van der Waals surface area contributed by atoms with Gasteiger partial charge < -0.3 is 28.3 Å². The number of thiazole rings is 1. The molecule has 0 aliphatic rings. The SMILES string of the molecule is COCCCCCN(C)c1nc(COc2cc(OC)cc3oc(-c4cn5nc(OC)sc5n4)cc23)cs1. The number of aromatic nitrogens is 4. The molecular weight excluding hydrogens is 514 g/mol. The molecule has 0 spiro atoms. The molecule has 0 unspecified atom stereocenters. The van der Waals surface area contributed by atoms with Crippen LogP contribution in [-0.2, 0) is 11.3 Å². The molecule has 4 aromatic heterocycles. The normalized spacial score (nSPS) is 11.5. The summed E-state index contributed by atoms with van der Waals surface area (Å²) in [7, 11) is 7.02. The van der Waals surface area contributed by atoms with Crippen molar-refractivity contribution in [3.05, 3.63) is 35.5 Å². The maximum Gasteiger partial charge on any atom is 0.294 e. The predicted octanol–water partition coefficient (Wildman–Crippen LogP) is 5.51. The van der Waals surface area contributed by atoms with Gasteiger partial charge in [-0.1, -0.05) is 0 Å². The smallest absolute Gasteiger partial charge is 0.294 e. The number of rotatable bonds is 13. The van der Waals surface area contributed by atoms with E-state index in [0.717, 1.165) is 53.6 Å². The van der Waals surface area contributed by atoms with Crippen LogP contribution in [0.15, 0.2) is 34.2 Å². The monoisotopic (exact) mass is 543 g/mol. The Morgan fingerprint density at radius 2 is 1.95 bits per heavy atom. The number of furan rings is 1. The molecule has 0 aliphatic heterocycles. The van der Waals surface area contributed by atoms with Gasteiger partial charge in [0.15, 0.2) is 10.9 Å². The second-order valence-electron chi connectivity index (χ2n) is 8.46. The summed E-state index contributed by atoms with van der Waals surface area (Å²) in [5.41, 5.74) is 2.20. The maximum atomic E-state index is 6.21. The molecular formula is C25H29N5O5S2. The molecule has 5 rings (SSSR count). The van der Waals surface area contributed by atoms with Crippen LogP contribution in [0.3, 0.4) is 0 Å². The fraction of sp³-hybridized carbons (Fsp3) is 0.400. The lowest BCUT2D eigenvalue weighted by molar-refractivity contribution is 0.192. The first kappa shape index (κ1) is 25.3. The fourth-order valence-corrected chi connectivity index (χ4v) is 5.39. The zero-order valence-electron chi connectivity index (χ0n) is 21.2. The molecule has 0 amide bonds. The van der Waals surface area contributed by atoms with E-state index in [-0.39, 0.29) is 0 Å². The molecule has 0 fully saturated rings. The number of methoxy groups -OCH3 is 3. The van der Waals surface area contributed by atoms with E-state index in [9.17, 15) is 0 Å². The number of hydrogen-bond donors (Lipinski definition) is 0. The highest BCUT2D eigenvalue weighted by Crippen LogP contribution is 2.37. The van der Waals surface area contributed by atoms with Crippen molar-refractivity contribution in [3.63, 3.8) is 0 Å². The first-order valence-electron chi connectivity index (χ1n) is 11.9. The molecule has 0 radical (unpaired) electrons. The third kappa shape index (κ3) is 5.65. The molecule has 0 N–H and O–H groups in total. The molecule has 0 saturated heterocycles. The highest BCUT2D eigenvalue weighted by Gasteiger charge is 2.17. The Hall–Kier alpha value is -3.35. The molecule has 0 saturated carbocycles. The van der Waals surface area contributed by atoms with Gasteiger partial charge in [-0.2, -0.15) is 0 Å². The van der Waals surface area contributed by atoms with Crippen LogP contribution in [0, 0.1) is 0 Å². The van der Waals surface area contributed by atoms with Gasteiger partial charge in [0.1, 0.15) is 29.4 Å². The summed E-state index contributed by atoms with van der Waals surface area (Å²) >= 11 is 2.99. The van der Waals surface area contributed by atoms with Crippen molar-refractivity contribution in [2.75, 3.05) is 46.4 Å². The Kier molecular flexibility index (Phi) is 7.77. The largest absolute Gasteiger partial charge is 0.496 e. The molecule has 0 atom stereocenters. The van der Waals surface area contributed by atoms with Crippen LogP contribution in [0.5, 0.6) is 16.7 Å². The van der Waals surface area contributed by atoms with Gasteiger partial charge in [0, 0.05) is 44.8 Å². The zero-order valence-corrected chi connectivity index (χ0v) is 22.9. The third-order valence-electron chi connectivity index (χ3n) is 5.84. The summed E-state index contributed by atoms with van der Waals surface area (Å²) in [5, 5.41) is 8.74. The highest BCUT2D eigenvalue weighted by atomic mass is 32.1. The van der Waals surface area contributed by atoms with Crippen molar-refractivity contribution >= 4 is 43.7 Å². The Labute approximate surface area is 222 Å². The zero-order chi connectivity index (χ0) is 25.8. The first-order valence-corrected chi connectivity index (χ1v) is 13.6. The summed E-state index contributed by atoms with van der Waals surface area (Å²) in [6.45, 7) is 2.11. The lowest BCUT2D eigenvalue weighted by Crippen LogP contribution is -2.18. The topological polar surface area (TPSA) is 96.4 Å². The van der Waals surface area contributed by atoms with Gasteiger partial charge in [-0.25, -0.2) is 14.5 Å². The van der Waals surface area contributed by atoms with Crippen molar-refractivity contribution in [2.45, 2.75) is 25.9 Å². The van der Waals surface area contributed by atoms with Crippen LogP contribution in [0.25, 0.3) is 27.4 Å². The summed E-state index contributed by atoms with van der Waals surface area (Å²) in [6, 6.07) is 5.63. The molecule has 37 heavy (non-hydrogen) atoms. The number of fused-ring (bicyclic) bond motifs is 2. The van der Waals surface area contributed by atoms with Crippen LogP contribution >= 0.6 is 22.7 Å².